The number of benzene rings is 1. The lowest BCUT2D eigenvalue weighted by molar-refractivity contribution is 0.436. The van der Waals surface area contributed by atoms with E-state index in [0.29, 0.717) is 11.3 Å². The van der Waals surface area contributed by atoms with E-state index in [0.717, 1.165) is 4.47 Å². The lowest BCUT2D eigenvalue weighted by atomic mass is 10.2. The molecule has 0 fully saturated rings. The van der Waals surface area contributed by atoms with Gasteiger partial charge in [0.25, 0.3) is 0 Å². The third-order valence-electron chi connectivity index (χ3n) is 1.58. The second-order valence-corrected chi connectivity index (χ2v) is 3.49. The second kappa shape index (κ2) is 4.96. The van der Waals surface area contributed by atoms with E-state index in [1.54, 1.807) is 12.1 Å². The summed E-state index contributed by atoms with van der Waals surface area (Å²) in [6, 6.07) is 4.36. The van der Waals surface area contributed by atoms with Gasteiger partial charge < -0.3 is 4.74 Å². The van der Waals surface area contributed by atoms with Gasteiger partial charge in [-0.15, -0.1) is 0 Å². The van der Waals surface area contributed by atoms with Gasteiger partial charge in [-0.3, -0.25) is 0 Å². The van der Waals surface area contributed by atoms with Gasteiger partial charge in [0.2, 0.25) is 0 Å². The highest BCUT2D eigenvalue weighted by Gasteiger charge is 2.05. The molecular formula is C11H10BrFO. The molecule has 0 saturated carbocycles. The van der Waals surface area contributed by atoms with Crippen LogP contribution >= 0.6 is 15.9 Å². The van der Waals surface area contributed by atoms with E-state index < -0.39 is 0 Å². The summed E-state index contributed by atoms with van der Waals surface area (Å²) in [6.45, 7) is 5.52. The van der Waals surface area contributed by atoms with Gasteiger partial charge in [0.15, 0.2) is 0 Å². The minimum Gasteiger partial charge on any atom is -0.465 e. The van der Waals surface area contributed by atoms with Gasteiger partial charge in [-0.25, -0.2) is 4.39 Å². The summed E-state index contributed by atoms with van der Waals surface area (Å²) < 4.78 is 18.8. The summed E-state index contributed by atoms with van der Waals surface area (Å²) in [5, 5.41) is 0. The van der Waals surface area contributed by atoms with Crippen LogP contribution in [0.4, 0.5) is 4.39 Å². The Morgan fingerprint density at radius 3 is 2.93 bits per heavy atom. The van der Waals surface area contributed by atoms with Crippen LogP contribution in [0.15, 0.2) is 41.6 Å². The normalized spacial score (nSPS) is 10.5. The molecule has 1 aromatic carbocycles. The zero-order valence-electron chi connectivity index (χ0n) is 7.76. The molecule has 0 amide bonds. The fourth-order valence-corrected chi connectivity index (χ4v) is 1.39. The van der Waals surface area contributed by atoms with E-state index in [4.69, 9.17) is 4.74 Å². The molecule has 0 aliphatic rings. The maximum atomic E-state index is 12.9. The summed E-state index contributed by atoms with van der Waals surface area (Å²) in [7, 11) is 0. The smallest absolute Gasteiger partial charge is 0.127 e. The number of hydrogen-bond acceptors (Lipinski definition) is 1. The van der Waals surface area contributed by atoms with Crippen LogP contribution in [-0.4, -0.2) is 0 Å². The van der Waals surface area contributed by atoms with E-state index in [1.807, 2.05) is 6.92 Å². The summed E-state index contributed by atoms with van der Waals surface area (Å²) in [4.78, 5) is 0. The highest BCUT2D eigenvalue weighted by molar-refractivity contribution is 9.10. The van der Waals surface area contributed by atoms with Gasteiger partial charge in [-0.2, -0.15) is 0 Å². The topological polar surface area (TPSA) is 9.23 Å². The minimum atomic E-state index is -0.312. The van der Waals surface area contributed by atoms with E-state index in [2.05, 4.69) is 22.5 Å². The van der Waals surface area contributed by atoms with Crippen molar-refractivity contribution in [3.05, 3.63) is 53.0 Å². The molecule has 0 bridgehead atoms. The molecule has 0 unspecified atom stereocenters. The lowest BCUT2D eigenvalue weighted by Gasteiger charge is -2.06. The van der Waals surface area contributed by atoms with Crippen LogP contribution < -0.4 is 0 Å². The number of rotatable bonds is 3. The molecular weight excluding hydrogens is 247 g/mol. The Labute approximate surface area is 91.0 Å². The van der Waals surface area contributed by atoms with Crippen molar-refractivity contribution in [2.75, 3.05) is 0 Å². The van der Waals surface area contributed by atoms with Crippen LogP contribution in [-0.2, 0) is 4.74 Å². The molecule has 74 valence electrons. The zero-order chi connectivity index (χ0) is 10.6. The Morgan fingerprint density at radius 1 is 1.57 bits per heavy atom. The highest BCUT2D eigenvalue weighted by Crippen LogP contribution is 2.24. The van der Waals surface area contributed by atoms with Crippen molar-refractivity contribution in [2.24, 2.45) is 0 Å². The van der Waals surface area contributed by atoms with Gasteiger partial charge in [0, 0.05) is 10.0 Å². The molecule has 14 heavy (non-hydrogen) atoms. The van der Waals surface area contributed by atoms with E-state index in [1.165, 1.54) is 18.4 Å². The van der Waals surface area contributed by atoms with Crippen molar-refractivity contribution in [3.63, 3.8) is 0 Å². The highest BCUT2D eigenvalue weighted by atomic mass is 79.9. The molecule has 0 aliphatic carbocycles. The number of halogens is 2. The van der Waals surface area contributed by atoms with Crippen molar-refractivity contribution in [1.82, 2.24) is 0 Å². The summed E-state index contributed by atoms with van der Waals surface area (Å²) in [5.74, 6) is 0.0999. The fraction of sp³-hybridized carbons (Fsp3) is 0.0909. The average Bonchev–Trinajstić information content (AvgIpc) is 2.18. The molecule has 3 heteroatoms. The fourth-order valence-electron chi connectivity index (χ4n) is 0.925. The number of hydrogen-bond donors (Lipinski definition) is 0. The van der Waals surface area contributed by atoms with Gasteiger partial charge in [-0.05, 0) is 25.1 Å². The first kappa shape index (κ1) is 11.0. The molecule has 0 N–H and O–H groups in total. The summed E-state index contributed by atoms with van der Waals surface area (Å²) in [6.07, 6.45) is 3.23. The molecule has 0 spiro atoms. The van der Waals surface area contributed by atoms with E-state index in [9.17, 15) is 4.39 Å². The van der Waals surface area contributed by atoms with E-state index >= 15 is 0 Å². The lowest BCUT2D eigenvalue weighted by Crippen LogP contribution is -1.88. The van der Waals surface area contributed by atoms with Gasteiger partial charge >= 0.3 is 0 Å². The number of allylic oxidation sites excluding steroid dienone is 1. The molecule has 0 atom stereocenters. The molecule has 1 nitrogen and oxygen atoms in total. The quantitative estimate of drug-likeness (QED) is 0.740. The first-order valence-corrected chi connectivity index (χ1v) is 4.86. The second-order valence-electron chi connectivity index (χ2n) is 2.63. The monoisotopic (exact) mass is 256 g/mol. The first-order valence-electron chi connectivity index (χ1n) is 4.07. The first-order chi connectivity index (χ1) is 6.65. The molecule has 0 radical (unpaired) electrons. The maximum absolute atomic E-state index is 12.9. The van der Waals surface area contributed by atoms with Crippen LogP contribution in [0.5, 0.6) is 0 Å². The predicted octanol–water partition coefficient (Wildman–Crippen LogP) is 4.11. The molecule has 0 aliphatic heterocycles. The molecule has 0 heterocycles. The van der Waals surface area contributed by atoms with Gasteiger partial charge in [-0.1, -0.05) is 28.6 Å². The Bertz CT molecular complexity index is 372. The Hall–Kier alpha value is -1.09. The number of ether oxygens (including phenoxy) is 1. The van der Waals surface area contributed by atoms with Crippen molar-refractivity contribution in [3.8, 4) is 0 Å². The molecule has 1 rings (SSSR count). The SMILES string of the molecule is C=C(O/C=C\C)c1cc(F)ccc1Br. The van der Waals surface area contributed by atoms with Crippen LogP contribution in [0.3, 0.4) is 0 Å². The van der Waals surface area contributed by atoms with Crippen LogP contribution in [0, 0.1) is 5.82 Å². The van der Waals surface area contributed by atoms with Crippen molar-refractivity contribution < 1.29 is 9.13 Å². The summed E-state index contributed by atoms with van der Waals surface area (Å²) in [5.41, 5.74) is 0.614. The summed E-state index contributed by atoms with van der Waals surface area (Å²) >= 11 is 3.29. The molecule has 0 saturated heterocycles. The largest absolute Gasteiger partial charge is 0.465 e. The zero-order valence-corrected chi connectivity index (χ0v) is 9.34. The third-order valence-corrected chi connectivity index (χ3v) is 2.27. The van der Waals surface area contributed by atoms with Crippen LogP contribution in [0.25, 0.3) is 5.76 Å². The third kappa shape index (κ3) is 2.70. The average molecular weight is 257 g/mol. The Balaban J connectivity index is 2.94. The molecule has 0 aromatic heterocycles. The Kier molecular flexibility index (Phi) is 3.89. The van der Waals surface area contributed by atoms with Gasteiger partial charge in [0.1, 0.15) is 11.6 Å². The van der Waals surface area contributed by atoms with Gasteiger partial charge in [0.05, 0.1) is 6.26 Å². The van der Waals surface area contributed by atoms with Crippen LogP contribution in [0.2, 0.25) is 0 Å². The predicted molar refractivity (Wildman–Crippen MR) is 59.0 cm³/mol. The maximum Gasteiger partial charge on any atom is 0.127 e. The van der Waals surface area contributed by atoms with E-state index in [-0.39, 0.29) is 5.82 Å². The minimum absolute atomic E-state index is 0.312. The van der Waals surface area contributed by atoms with Crippen molar-refractivity contribution in [2.45, 2.75) is 6.92 Å². The van der Waals surface area contributed by atoms with Crippen molar-refractivity contribution >= 4 is 21.7 Å². The Morgan fingerprint density at radius 2 is 2.29 bits per heavy atom. The molecule has 1 aromatic rings. The standard InChI is InChI=1S/C11H10BrFO/c1-3-6-14-8(2)10-7-9(13)4-5-11(10)12/h3-7H,2H2,1H3/b6-3-. The van der Waals surface area contributed by atoms with Crippen molar-refractivity contribution in [1.29, 1.82) is 0 Å². The van der Waals surface area contributed by atoms with Crippen LogP contribution in [0.1, 0.15) is 12.5 Å².